The number of nitrogens with one attached hydrogen (secondary N) is 2. The van der Waals surface area contributed by atoms with Crippen LogP contribution in [0, 0.1) is 28.6 Å². The average Bonchev–Trinajstić information content (AvgIpc) is 3.38. The van der Waals surface area contributed by atoms with E-state index in [0.717, 1.165) is 62.6 Å². The summed E-state index contributed by atoms with van der Waals surface area (Å²) in [5.41, 5.74) is 13.3. The molecule has 5 aliphatic carbocycles. The smallest absolute Gasteiger partial charge is 0.0899 e. The standard InChI is InChI=1S/C26H35N3O2.C2H7N/c1-24-10-9-19-20-14-25(20)13-17(30)4-3-16(25)8-11-26(19,31)23(24)7-5-18(24)15-2-6-21(27)22(12-15)29-28;1-3-2/h2,5-6,9,12,16-17,20,23,29-31H,3-4,7-8,10-11,13-14,27-28H2,1H3;3H,1-2H3/t16?,17?,20?,23?,24?,25?,26-;/m1./s1. The maximum absolute atomic E-state index is 12.3. The first kappa shape index (κ1) is 23.9. The predicted molar refractivity (Wildman–Crippen MR) is 139 cm³/mol. The molecule has 1 aromatic rings. The summed E-state index contributed by atoms with van der Waals surface area (Å²) >= 11 is 0. The van der Waals surface area contributed by atoms with E-state index < -0.39 is 5.60 Å². The van der Waals surface area contributed by atoms with Crippen molar-refractivity contribution in [1.82, 2.24) is 5.32 Å². The zero-order valence-electron chi connectivity index (χ0n) is 20.9. The van der Waals surface area contributed by atoms with Gasteiger partial charge in [0, 0.05) is 11.3 Å². The van der Waals surface area contributed by atoms with Crippen LogP contribution in [-0.2, 0) is 0 Å². The van der Waals surface area contributed by atoms with Gasteiger partial charge < -0.3 is 26.7 Å². The van der Waals surface area contributed by atoms with Crippen LogP contribution in [0.2, 0.25) is 0 Å². The van der Waals surface area contributed by atoms with E-state index in [1.807, 2.05) is 26.2 Å². The number of allylic oxidation sites excluding steroid dienone is 3. The van der Waals surface area contributed by atoms with E-state index >= 15 is 0 Å². The quantitative estimate of drug-likeness (QED) is 0.171. The molecule has 0 radical (unpaired) electrons. The molecule has 1 spiro atoms. The van der Waals surface area contributed by atoms with Crippen molar-refractivity contribution in [3.63, 3.8) is 0 Å². The maximum Gasteiger partial charge on any atom is 0.0899 e. The summed E-state index contributed by atoms with van der Waals surface area (Å²) in [5.74, 6) is 7.01. The van der Waals surface area contributed by atoms with E-state index in [1.54, 1.807) is 0 Å². The minimum Gasteiger partial charge on any atom is -0.397 e. The van der Waals surface area contributed by atoms with Crippen LogP contribution in [0.1, 0.15) is 63.9 Å². The minimum absolute atomic E-state index is 0.0999. The Morgan fingerprint density at radius 2 is 1.85 bits per heavy atom. The predicted octanol–water partition coefficient (Wildman–Crippen LogP) is 3.82. The Balaban J connectivity index is 0.000000764. The Labute approximate surface area is 203 Å². The first-order valence-electron chi connectivity index (χ1n) is 13.0. The van der Waals surface area contributed by atoms with Gasteiger partial charge in [-0.3, -0.25) is 5.84 Å². The molecule has 6 rings (SSSR count). The molecule has 0 heterocycles. The van der Waals surface area contributed by atoms with E-state index in [0.29, 0.717) is 17.5 Å². The molecule has 0 aromatic heterocycles. The van der Waals surface area contributed by atoms with Crippen molar-refractivity contribution in [3.05, 3.63) is 41.5 Å². The number of hydrogen-bond donors (Lipinski definition) is 6. The number of aliphatic hydroxyl groups excluding tert-OH is 1. The van der Waals surface area contributed by atoms with Gasteiger partial charge in [-0.25, -0.2) is 0 Å². The van der Waals surface area contributed by atoms with Crippen molar-refractivity contribution in [2.45, 2.75) is 70.0 Å². The molecule has 0 bridgehead atoms. The van der Waals surface area contributed by atoms with E-state index in [2.05, 4.69) is 35.9 Å². The SMILES string of the molecule is CC12CC=C3C4CC45CC(O)CCC5CC[C@]3(O)C1CC=C2c1ccc(N)c(NN)c1.CNC. The highest BCUT2D eigenvalue weighted by atomic mass is 16.3. The lowest BCUT2D eigenvalue weighted by atomic mass is 9.58. The number of fused-ring (bicyclic) bond motifs is 4. The lowest BCUT2D eigenvalue weighted by Crippen LogP contribution is -2.49. The minimum atomic E-state index is -0.732. The van der Waals surface area contributed by atoms with Crippen LogP contribution in [0.4, 0.5) is 11.4 Å². The summed E-state index contributed by atoms with van der Waals surface area (Å²) in [7, 11) is 3.75. The molecule has 0 aliphatic heterocycles. The second kappa shape index (κ2) is 8.37. The second-order valence-corrected chi connectivity index (χ2v) is 11.7. The number of anilines is 2. The Bertz CT molecular complexity index is 1020. The molecule has 3 fully saturated rings. The van der Waals surface area contributed by atoms with Gasteiger partial charge in [0.1, 0.15) is 0 Å². The van der Waals surface area contributed by atoms with Crippen LogP contribution >= 0.6 is 0 Å². The molecule has 7 atom stereocenters. The van der Waals surface area contributed by atoms with Crippen LogP contribution in [-0.4, -0.2) is 36.0 Å². The van der Waals surface area contributed by atoms with Gasteiger partial charge in [-0.1, -0.05) is 25.1 Å². The van der Waals surface area contributed by atoms with Crippen LogP contribution < -0.4 is 22.3 Å². The number of nitrogen functional groups attached to an aromatic ring is 2. The fraction of sp³-hybridized carbons (Fsp3) is 0.643. The summed E-state index contributed by atoms with van der Waals surface area (Å²) in [6.45, 7) is 2.33. The summed E-state index contributed by atoms with van der Waals surface area (Å²) in [4.78, 5) is 0. The molecule has 3 saturated carbocycles. The molecule has 5 aliphatic rings. The summed E-state index contributed by atoms with van der Waals surface area (Å²) in [6, 6.07) is 6.03. The monoisotopic (exact) mass is 466 g/mol. The van der Waals surface area contributed by atoms with Crippen LogP contribution in [0.15, 0.2) is 35.9 Å². The van der Waals surface area contributed by atoms with Crippen molar-refractivity contribution in [3.8, 4) is 0 Å². The topological polar surface area (TPSA) is 117 Å². The fourth-order valence-electron chi connectivity index (χ4n) is 8.28. The molecule has 6 heteroatoms. The number of benzene rings is 1. The first-order valence-corrected chi connectivity index (χ1v) is 13.0. The first-order chi connectivity index (χ1) is 16.2. The molecule has 6 unspecified atom stereocenters. The summed E-state index contributed by atoms with van der Waals surface area (Å²) in [5, 5.41) is 25.4. The van der Waals surface area contributed by atoms with Crippen LogP contribution in [0.3, 0.4) is 0 Å². The number of nitrogens with two attached hydrogens (primary N) is 2. The maximum atomic E-state index is 12.3. The van der Waals surface area contributed by atoms with Gasteiger partial charge in [0.25, 0.3) is 0 Å². The van der Waals surface area contributed by atoms with Gasteiger partial charge in [-0.05, 0) is 112 Å². The third kappa shape index (κ3) is 3.37. The Morgan fingerprint density at radius 1 is 1.09 bits per heavy atom. The summed E-state index contributed by atoms with van der Waals surface area (Å²) < 4.78 is 0. The third-order valence-electron chi connectivity index (χ3n) is 9.93. The number of rotatable bonds is 2. The molecular weight excluding hydrogens is 424 g/mol. The van der Waals surface area contributed by atoms with Gasteiger partial charge in [-0.15, -0.1) is 0 Å². The zero-order chi connectivity index (χ0) is 24.3. The molecular formula is C28H42N4O2. The Morgan fingerprint density at radius 3 is 2.59 bits per heavy atom. The fourth-order valence-corrected chi connectivity index (χ4v) is 8.28. The van der Waals surface area contributed by atoms with Gasteiger partial charge in [0.05, 0.1) is 23.1 Å². The molecule has 186 valence electrons. The van der Waals surface area contributed by atoms with E-state index in [1.165, 1.54) is 11.1 Å². The molecule has 1 aromatic carbocycles. The zero-order valence-corrected chi connectivity index (χ0v) is 20.9. The highest BCUT2D eigenvalue weighted by Gasteiger charge is 2.68. The second-order valence-electron chi connectivity index (χ2n) is 11.7. The Hall–Kier alpha value is -1.86. The Kier molecular flexibility index (Phi) is 5.87. The van der Waals surface area contributed by atoms with Crippen LogP contribution in [0.25, 0.3) is 5.57 Å². The van der Waals surface area contributed by atoms with E-state index in [-0.39, 0.29) is 22.9 Å². The lowest BCUT2D eigenvalue weighted by Gasteiger charge is -2.49. The lowest BCUT2D eigenvalue weighted by molar-refractivity contribution is -0.0389. The molecule has 0 amide bonds. The van der Waals surface area contributed by atoms with Gasteiger partial charge in [0.2, 0.25) is 0 Å². The van der Waals surface area contributed by atoms with Crippen molar-refractivity contribution < 1.29 is 10.2 Å². The highest BCUT2D eigenvalue weighted by molar-refractivity contribution is 5.79. The summed E-state index contributed by atoms with van der Waals surface area (Å²) in [6.07, 6.45) is 12.5. The largest absolute Gasteiger partial charge is 0.397 e. The van der Waals surface area contributed by atoms with E-state index in [4.69, 9.17) is 11.6 Å². The van der Waals surface area contributed by atoms with Gasteiger partial charge in [0.15, 0.2) is 0 Å². The molecule has 8 N–H and O–H groups in total. The van der Waals surface area contributed by atoms with Gasteiger partial charge in [-0.2, -0.15) is 0 Å². The van der Waals surface area contributed by atoms with Crippen LogP contribution in [0.5, 0.6) is 0 Å². The number of hydrogen-bond acceptors (Lipinski definition) is 6. The molecule has 0 saturated heterocycles. The third-order valence-corrected chi connectivity index (χ3v) is 9.93. The number of aliphatic hydroxyl groups is 2. The molecule has 34 heavy (non-hydrogen) atoms. The van der Waals surface area contributed by atoms with Crippen molar-refractivity contribution in [2.75, 3.05) is 25.3 Å². The van der Waals surface area contributed by atoms with Gasteiger partial charge >= 0.3 is 0 Å². The van der Waals surface area contributed by atoms with Crippen molar-refractivity contribution in [2.24, 2.45) is 34.4 Å². The number of hydrazine groups is 1. The molecule has 6 nitrogen and oxygen atoms in total. The van der Waals surface area contributed by atoms with Crippen molar-refractivity contribution >= 4 is 16.9 Å². The highest BCUT2D eigenvalue weighted by Crippen LogP contribution is 2.74. The van der Waals surface area contributed by atoms with E-state index in [9.17, 15) is 10.2 Å². The van der Waals surface area contributed by atoms with Crippen molar-refractivity contribution in [1.29, 1.82) is 0 Å². The average molecular weight is 467 g/mol. The normalized spacial score (nSPS) is 41.8.